The third-order valence-electron chi connectivity index (χ3n) is 6.07. The Bertz CT molecular complexity index is 377. The summed E-state index contributed by atoms with van der Waals surface area (Å²) in [6.07, 6.45) is 23.1. The van der Waals surface area contributed by atoms with Crippen LogP contribution in [-0.4, -0.2) is 19.1 Å². The molecule has 0 radical (unpaired) electrons. The van der Waals surface area contributed by atoms with E-state index in [1.165, 1.54) is 89.9 Å². The molecule has 0 spiro atoms. The fraction of sp³-hybridized carbons (Fsp3) is 0.885. The number of nitrogens with two attached hydrogens (primary N) is 1. The molecule has 0 atom stereocenters. The fourth-order valence-corrected chi connectivity index (χ4v) is 3.93. The van der Waals surface area contributed by atoms with Crippen molar-refractivity contribution in [1.29, 1.82) is 0 Å². The molecule has 0 aliphatic heterocycles. The number of ether oxygens (including phenoxy) is 1. The van der Waals surface area contributed by atoms with Crippen molar-refractivity contribution in [3.05, 3.63) is 12.2 Å². The van der Waals surface area contributed by atoms with Gasteiger partial charge < -0.3 is 10.5 Å². The quantitative estimate of drug-likeness (QED) is 0.113. The normalized spacial score (nSPS) is 11.2. The summed E-state index contributed by atoms with van der Waals surface area (Å²) in [4.78, 5) is 11.9. The summed E-state index contributed by atoms with van der Waals surface area (Å²) in [7, 11) is 0. The lowest BCUT2D eigenvalue weighted by molar-refractivity contribution is -0.139. The lowest BCUT2D eigenvalue weighted by atomic mass is 9.95. The molecule has 0 aliphatic carbocycles. The Morgan fingerprint density at radius 3 is 1.38 bits per heavy atom. The van der Waals surface area contributed by atoms with Crippen molar-refractivity contribution in [3.63, 3.8) is 0 Å². The number of carbonyl (C=O) groups is 1. The fourth-order valence-electron chi connectivity index (χ4n) is 3.93. The topological polar surface area (TPSA) is 52.3 Å². The summed E-state index contributed by atoms with van der Waals surface area (Å²) in [6, 6.07) is 0. The average molecular weight is 410 g/mol. The zero-order valence-corrected chi connectivity index (χ0v) is 19.8. The zero-order valence-electron chi connectivity index (χ0n) is 19.8. The highest BCUT2D eigenvalue weighted by Crippen LogP contribution is 2.18. The summed E-state index contributed by atoms with van der Waals surface area (Å²) < 4.78 is 5.37. The molecular formula is C26H51NO2. The SMILES string of the molecule is C=C(C(=O)OCCCCCCCCCCCCCCCCCCN)C(CC)CC. The molecule has 0 aromatic carbocycles. The van der Waals surface area contributed by atoms with E-state index >= 15 is 0 Å². The maximum absolute atomic E-state index is 11.9. The van der Waals surface area contributed by atoms with E-state index in [2.05, 4.69) is 20.4 Å². The molecule has 0 bridgehead atoms. The number of unbranched alkanes of at least 4 members (excludes halogenated alkanes) is 15. The van der Waals surface area contributed by atoms with E-state index in [1.807, 2.05) is 0 Å². The molecule has 3 nitrogen and oxygen atoms in total. The van der Waals surface area contributed by atoms with Crippen molar-refractivity contribution in [1.82, 2.24) is 0 Å². The standard InChI is InChI=1S/C26H51NO2/c1-4-25(5-2)24(3)26(28)29-23-21-19-17-15-13-11-9-7-6-8-10-12-14-16-18-20-22-27/h25H,3-23,27H2,1-2H3. The minimum absolute atomic E-state index is 0.190. The van der Waals surface area contributed by atoms with Crippen molar-refractivity contribution in [2.75, 3.05) is 13.2 Å². The Labute approximate surface area is 182 Å². The Morgan fingerprint density at radius 1 is 0.690 bits per heavy atom. The molecule has 0 aromatic rings. The Morgan fingerprint density at radius 2 is 1.03 bits per heavy atom. The molecule has 0 fully saturated rings. The maximum Gasteiger partial charge on any atom is 0.333 e. The van der Waals surface area contributed by atoms with Crippen LogP contribution in [0.3, 0.4) is 0 Å². The van der Waals surface area contributed by atoms with Crippen LogP contribution in [0.25, 0.3) is 0 Å². The zero-order chi connectivity index (χ0) is 21.6. The monoisotopic (exact) mass is 409 g/mol. The van der Waals surface area contributed by atoms with E-state index in [0.29, 0.717) is 12.2 Å². The Balaban J connectivity index is 3.26. The van der Waals surface area contributed by atoms with Gasteiger partial charge in [-0.05, 0) is 38.1 Å². The van der Waals surface area contributed by atoms with Crippen LogP contribution in [0.5, 0.6) is 0 Å². The summed E-state index contributed by atoms with van der Waals surface area (Å²) in [5.41, 5.74) is 6.16. The summed E-state index contributed by atoms with van der Waals surface area (Å²) in [5, 5.41) is 0. The first-order chi connectivity index (χ1) is 14.2. The molecule has 0 aromatic heterocycles. The second-order valence-electron chi connectivity index (χ2n) is 8.62. The van der Waals surface area contributed by atoms with E-state index < -0.39 is 0 Å². The number of carbonyl (C=O) groups excluding carboxylic acids is 1. The summed E-state index contributed by atoms with van der Waals surface area (Å²) >= 11 is 0. The first-order valence-electron chi connectivity index (χ1n) is 12.7. The van der Waals surface area contributed by atoms with Gasteiger partial charge in [-0.25, -0.2) is 4.79 Å². The van der Waals surface area contributed by atoms with Crippen molar-refractivity contribution in [2.24, 2.45) is 11.7 Å². The highest BCUT2D eigenvalue weighted by atomic mass is 16.5. The van der Waals surface area contributed by atoms with Crippen LogP contribution in [0.2, 0.25) is 0 Å². The van der Waals surface area contributed by atoms with Crippen LogP contribution in [0.1, 0.15) is 129 Å². The molecule has 172 valence electrons. The minimum Gasteiger partial charge on any atom is -0.462 e. The summed E-state index contributed by atoms with van der Waals surface area (Å²) in [6.45, 7) is 9.51. The number of rotatable bonds is 22. The van der Waals surface area contributed by atoms with Gasteiger partial charge in [0.2, 0.25) is 0 Å². The molecule has 0 rings (SSSR count). The highest BCUT2D eigenvalue weighted by Gasteiger charge is 2.16. The van der Waals surface area contributed by atoms with Gasteiger partial charge in [-0.3, -0.25) is 0 Å². The first kappa shape index (κ1) is 28.2. The van der Waals surface area contributed by atoms with Crippen molar-refractivity contribution < 1.29 is 9.53 Å². The number of hydrogen-bond acceptors (Lipinski definition) is 3. The second kappa shape index (κ2) is 21.9. The van der Waals surface area contributed by atoms with Gasteiger partial charge in [-0.2, -0.15) is 0 Å². The first-order valence-corrected chi connectivity index (χ1v) is 12.7. The largest absolute Gasteiger partial charge is 0.462 e. The highest BCUT2D eigenvalue weighted by molar-refractivity contribution is 5.88. The van der Waals surface area contributed by atoms with Gasteiger partial charge in [0.1, 0.15) is 0 Å². The van der Waals surface area contributed by atoms with E-state index in [-0.39, 0.29) is 11.9 Å². The van der Waals surface area contributed by atoms with Crippen molar-refractivity contribution >= 4 is 5.97 Å². The van der Waals surface area contributed by atoms with Crippen LogP contribution in [0, 0.1) is 5.92 Å². The van der Waals surface area contributed by atoms with Gasteiger partial charge in [-0.1, -0.05) is 110 Å². The van der Waals surface area contributed by atoms with Gasteiger partial charge >= 0.3 is 5.97 Å². The third kappa shape index (κ3) is 17.7. The molecule has 29 heavy (non-hydrogen) atoms. The second-order valence-corrected chi connectivity index (χ2v) is 8.62. The molecule has 0 saturated carbocycles. The molecule has 0 heterocycles. The number of hydrogen-bond donors (Lipinski definition) is 1. The van der Waals surface area contributed by atoms with Crippen LogP contribution in [-0.2, 0) is 9.53 Å². The lowest BCUT2D eigenvalue weighted by Crippen LogP contribution is -2.15. The van der Waals surface area contributed by atoms with Gasteiger partial charge in [0.05, 0.1) is 6.61 Å². The van der Waals surface area contributed by atoms with Gasteiger partial charge in [0.15, 0.2) is 0 Å². The lowest BCUT2D eigenvalue weighted by Gasteiger charge is -2.14. The van der Waals surface area contributed by atoms with E-state index in [9.17, 15) is 4.79 Å². The van der Waals surface area contributed by atoms with Crippen LogP contribution in [0.4, 0.5) is 0 Å². The van der Waals surface area contributed by atoms with Crippen molar-refractivity contribution in [2.45, 2.75) is 129 Å². The van der Waals surface area contributed by atoms with Crippen LogP contribution in [0.15, 0.2) is 12.2 Å². The van der Waals surface area contributed by atoms with Gasteiger partial charge in [-0.15, -0.1) is 0 Å². The third-order valence-corrected chi connectivity index (χ3v) is 6.07. The predicted octanol–water partition coefficient (Wildman–Crippen LogP) is 7.72. The molecule has 0 amide bonds. The minimum atomic E-state index is -0.190. The molecular weight excluding hydrogens is 358 g/mol. The van der Waals surface area contributed by atoms with Gasteiger partial charge in [0, 0.05) is 5.57 Å². The van der Waals surface area contributed by atoms with Gasteiger partial charge in [0.25, 0.3) is 0 Å². The van der Waals surface area contributed by atoms with Crippen LogP contribution >= 0.6 is 0 Å². The summed E-state index contributed by atoms with van der Waals surface area (Å²) in [5.74, 6) is 0.0826. The maximum atomic E-state index is 11.9. The van der Waals surface area contributed by atoms with E-state index in [0.717, 1.165) is 32.2 Å². The van der Waals surface area contributed by atoms with Crippen molar-refractivity contribution in [3.8, 4) is 0 Å². The molecule has 0 saturated heterocycles. The smallest absolute Gasteiger partial charge is 0.333 e. The predicted molar refractivity (Wildman–Crippen MR) is 127 cm³/mol. The van der Waals surface area contributed by atoms with E-state index in [1.54, 1.807) is 0 Å². The Kier molecular flexibility index (Phi) is 21.2. The molecule has 3 heteroatoms. The Hall–Kier alpha value is -0.830. The molecule has 0 unspecified atom stereocenters. The average Bonchev–Trinajstić information content (AvgIpc) is 2.73. The number of esters is 1. The molecule has 0 aliphatic rings. The van der Waals surface area contributed by atoms with Crippen LogP contribution < -0.4 is 5.73 Å². The molecule has 2 N–H and O–H groups in total. The van der Waals surface area contributed by atoms with E-state index in [4.69, 9.17) is 10.5 Å².